The van der Waals surface area contributed by atoms with Crippen molar-refractivity contribution in [3.8, 4) is 0 Å². The fraction of sp³-hybridized carbons (Fsp3) is 0.364. The number of carbonyl (C=O) groups is 1. The third kappa shape index (κ3) is 7.56. The lowest BCUT2D eigenvalue weighted by Gasteiger charge is -2.13. The number of halogens is 2. The van der Waals surface area contributed by atoms with Gasteiger partial charge in [-0.05, 0) is 55.2 Å². The van der Waals surface area contributed by atoms with Crippen molar-refractivity contribution in [3.63, 3.8) is 0 Å². The summed E-state index contributed by atoms with van der Waals surface area (Å²) in [6.07, 6.45) is 1.33. The van der Waals surface area contributed by atoms with Crippen molar-refractivity contribution in [2.45, 2.75) is 39.0 Å². The summed E-state index contributed by atoms with van der Waals surface area (Å²) < 4.78 is 18.7. The lowest BCUT2D eigenvalue weighted by Crippen LogP contribution is -2.36. The number of rotatable bonds is 7. The third-order valence-electron chi connectivity index (χ3n) is 4.53. The summed E-state index contributed by atoms with van der Waals surface area (Å²) in [5, 5.41) is 9.36. The van der Waals surface area contributed by atoms with Crippen LogP contribution in [0.15, 0.2) is 53.5 Å². The summed E-state index contributed by atoms with van der Waals surface area (Å²) in [7, 11) is 0. The highest BCUT2D eigenvalue weighted by molar-refractivity contribution is 14.0. The Hall–Kier alpha value is -2.20. The molecule has 0 spiro atoms. The number of carbonyl (C=O) groups excluding carboxylic acids is 1. The van der Waals surface area contributed by atoms with E-state index >= 15 is 0 Å². The number of hydrogen-bond donors (Lipinski definition) is 3. The molecule has 1 saturated heterocycles. The topological polar surface area (TPSA) is 74.8 Å². The molecule has 0 radical (unpaired) electrons. The molecule has 0 aliphatic carbocycles. The van der Waals surface area contributed by atoms with E-state index in [0.29, 0.717) is 32.2 Å². The summed E-state index contributed by atoms with van der Waals surface area (Å²) in [4.78, 5) is 16.7. The van der Waals surface area contributed by atoms with Crippen molar-refractivity contribution in [1.82, 2.24) is 10.6 Å². The predicted octanol–water partition coefficient (Wildman–Crippen LogP) is 3.82. The van der Waals surface area contributed by atoms with Crippen LogP contribution in [0.1, 0.15) is 30.9 Å². The molecule has 1 aliphatic rings. The number of guanidine groups is 1. The fourth-order valence-electron chi connectivity index (χ4n) is 3.10. The minimum absolute atomic E-state index is 0. The average Bonchev–Trinajstić information content (AvgIpc) is 3.25. The molecule has 1 amide bonds. The van der Waals surface area contributed by atoms with Crippen LogP contribution in [0.2, 0.25) is 0 Å². The van der Waals surface area contributed by atoms with Crippen molar-refractivity contribution in [2.75, 3.05) is 18.5 Å². The molecule has 1 heterocycles. The largest absolute Gasteiger partial charge is 0.368 e. The highest BCUT2D eigenvalue weighted by Gasteiger charge is 2.23. The van der Waals surface area contributed by atoms with Crippen LogP contribution in [0.3, 0.4) is 0 Å². The lowest BCUT2D eigenvalue weighted by molar-refractivity contribution is -0.124. The van der Waals surface area contributed by atoms with E-state index in [1.807, 2.05) is 37.3 Å². The Kier molecular flexibility index (Phi) is 10.0. The van der Waals surface area contributed by atoms with E-state index in [-0.39, 0.29) is 41.8 Å². The Morgan fingerprint density at radius 3 is 2.70 bits per heavy atom. The van der Waals surface area contributed by atoms with Gasteiger partial charge in [0.1, 0.15) is 11.9 Å². The molecule has 0 bridgehead atoms. The molecule has 2 aromatic rings. The Bertz CT molecular complexity index is 857. The first-order valence-electron chi connectivity index (χ1n) is 9.92. The molecule has 3 N–H and O–H groups in total. The van der Waals surface area contributed by atoms with E-state index in [9.17, 15) is 9.18 Å². The van der Waals surface area contributed by atoms with Crippen molar-refractivity contribution in [1.29, 1.82) is 0 Å². The Morgan fingerprint density at radius 2 is 1.97 bits per heavy atom. The van der Waals surface area contributed by atoms with Crippen LogP contribution in [0, 0.1) is 5.82 Å². The summed E-state index contributed by atoms with van der Waals surface area (Å²) in [6.45, 7) is 4.26. The first kappa shape index (κ1) is 24.1. The lowest BCUT2D eigenvalue weighted by atomic mass is 10.2. The van der Waals surface area contributed by atoms with E-state index in [0.717, 1.165) is 29.7 Å². The summed E-state index contributed by atoms with van der Waals surface area (Å²) in [5.41, 5.74) is 2.55. The molecular formula is C22H28FIN4O2. The molecule has 0 saturated carbocycles. The second kappa shape index (κ2) is 12.5. The Morgan fingerprint density at radius 1 is 1.17 bits per heavy atom. The van der Waals surface area contributed by atoms with Crippen LogP contribution in [0.5, 0.6) is 0 Å². The zero-order chi connectivity index (χ0) is 20.5. The van der Waals surface area contributed by atoms with E-state index in [4.69, 9.17) is 4.74 Å². The van der Waals surface area contributed by atoms with Crippen molar-refractivity contribution >= 4 is 41.5 Å². The molecule has 1 unspecified atom stereocenters. The highest BCUT2D eigenvalue weighted by Crippen LogP contribution is 2.16. The molecule has 8 heteroatoms. The Balaban J connectivity index is 0.00000320. The molecule has 1 atom stereocenters. The quantitative estimate of drug-likeness (QED) is 0.292. The van der Waals surface area contributed by atoms with Crippen LogP contribution in [0.25, 0.3) is 0 Å². The molecule has 30 heavy (non-hydrogen) atoms. The van der Waals surface area contributed by atoms with Gasteiger partial charge in [0.2, 0.25) is 0 Å². The van der Waals surface area contributed by atoms with Gasteiger partial charge in [-0.15, -0.1) is 24.0 Å². The molecule has 162 valence electrons. The van der Waals surface area contributed by atoms with E-state index in [1.165, 1.54) is 12.1 Å². The predicted molar refractivity (Wildman–Crippen MR) is 128 cm³/mol. The Labute approximate surface area is 193 Å². The van der Waals surface area contributed by atoms with Gasteiger partial charge < -0.3 is 20.7 Å². The van der Waals surface area contributed by atoms with E-state index < -0.39 is 0 Å². The number of amides is 1. The van der Waals surface area contributed by atoms with Crippen LogP contribution < -0.4 is 16.0 Å². The highest BCUT2D eigenvalue weighted by atomic mass is 127. The number of hydrogen-bond acceptors (Lipinski definition) is 3. The van der Waals surface area contributed by atoms with Crippen LogP contribution >= 0.6 is 24.0 Å². The van der Waals surface area contributed by atoms with Crippen molar-refractivity contribution in [3.05, 3.63) is 65.5 Å². The van der Waals surface area contributed by atoms with Crippen LogP contribution in [-0.4, -0.2) is 31.1 Å². The molecule has 1 fully saturated rings. The number of aliphatic imine (C=N–C) groups is 1. The second-order valence-electron chi connectivity index (χ2n) is 6.87. The van der Waals surface area contributed by atoms with Gasteiger partial charge in [0.05, 0.1) is 6.54 Å². The van der Waals surface area contributed by atoms with Crippen LogP contribution in [0.4, 0.5) is 10.1 Å². The standard InChI is InChI=1S/C22H27FN4O2.HI/c1-2-24-22(25-14-16-6-3-8-18(23)12-16)26-15-17-7-4-9-19(13-17)27-21(28)20-10-5-11-29-20;/h3-4,6-9,12-13,20H,2,5,10-11,14-15H2,1H3,(H,27,28)(H2,24,25,26);1H. The van der Waals surface area contributed by atoms with Gasteiger partial charge >= 0.3 is 0 Å². The zero-order valence-electron chi connectivity index (χ0n) is 17.0. The van der Waals surface area contributed by atoms with Gasteiger partial charge in [-0.3, -0.25) is 4.79 Å². The van der Waals surface area contributed by atoms with Gasteiger partial charge in [0.15, 0.2) is 5.96 Å². The monoisotopic (exact) mass is 526 g/mol. The SMILES string of the molecule is CCNC(=NCc1cccc(F)c1)NCc1cccc(NC(=O)C2CCCO2)c1.I. The zero-order valence-corrected chi connectivity index (χ0v) is 19.3. The van der Waals surface area contributed by atoms with E-state index in [1.54, 1.807) is 6.07 Å². The minimum atomic E-state index is -0.355. The van der Waals surface area contributed by atoms with Crippen molar-refractivity contribution in [2.24, 2.45) is 4.99 Å². The minimum Gasteiger partial charge on any atom is -0.368 e. The van der Waals surface area contributed by atoms with E-state index in [2.05, 4.69) is 20.9 Å². The normalized spacial score (nSPS) is 15.9. The first-order valence-corrected chi connectivity index (χ1v) is 9.92. The maximum Gasteiger partial charge on any atom is 0.253 e. The number of anilines is 1. The average molecular weight is 526 g/mol. The molecule has 1 aliphatic heterocycles. The third-order valence-corrected chi connectivity index (χ3v) is 4.53. The van der Waals surface area contributed by atoms with Gasteiger partial charge in [-0.1, -0.05) is 24.3 Å². The second-order valence-corrected chi connectivity index (χ2v) is 6.87. The smallest absolute Gasteiger partial charge is 0.253 e. The molecule has 0 aromatic heterocycles. The van der Waals surface area contributed by atoms with Gasteiger partial charge in [-0.25, -0.2) is 9.38 Å². The van der Waals surface area contributed by atoms with Gasteiger partial charge in [-0.2, -0.15) is 0 Å². The summed E-state index contributed by atoms with van der Waals surface area (Å²) >= 11 is 0. The summed E-state index contributed by atoms with van der Waals surface area (Å²) in [5.74, 6) is 0.278. The maximum atomic E-state index is 13.3. The fourth-order valence-corrected chi connectivity index (χ4v) is 3.10. The van der Waals surface area contributed by atoms with Gasteiger partial charge in [0, 0.05) is 25.4 Å². The maximum absolute atomic E-state index is 13.3. The van der Waals surface area contributed by atoms with Crippen LogP contribution in [-0.2, 0) is 22.6 Å². The molecular weight excluding hydrogens is 498 g/mol. The van der Waals surface area contributed by atoms with Crippen molar-refractivity contribution < 1.29 is 13.9 Å². The molecule has 6 nitrogen and oxygen atoms in total. The number of benzene rings is 2. The van der Waals surface area contributed by atoms with Gasteiger partial charge in [0.25, 0.3) is 5.91 Å². The molecule has 3 rings (SSSR count). The first-order chi connectivity index (χ1) is 14.1. The number of nitrogens with one attached hydrogen (secondary N) is 3. The number of nitrogens with zero attached hydrogens (tertiary/aromatic N) is 1. The summed E-state index contributed by atoms with van der Waals surface area (Å²) in [6, 6.07) is 14.1. The molecule has 2 aromatic carbocycles. The number of ether oxygens (including phenoxy) is 1.